The van der Waals surface area contributed by atoms with E-state index in [1.165, 1.54) is 6.07 Å². The predicted molar refractivity (Wildman–Crippen MR) is 91.1 cm³/mol. The second-order valence-corrected chi connectivity index (χ2v) is 6.07. The Morgan fingerprint density at radius 1 is 1.12 bits per heavy atom. The molecule has 3 nitrogen and oxygen atoms in total. The van der Waals surface area contributed by atoms with Gasteiger partial charge < -0.3 is 10.1 Å². The number of alkyl halides is 3. The van der Waals surface area contributed by atoms with E-state index in [1.807, 2.05) is 32.0 Å². The van der Waals surface area contributed by atoms with E-state index in [0.29, 0.717) is 5.75 Å². The van der Waals surface area contributed by atoms with Gasteiger partial charge in [0.2, 0.25) is 5.91 Å². The number of benzene rings is 2. The minimum atomic E-state index is -4.58. The summed E-state index contributed by atoms with van der Waals surface area (Å²) in [6.45, 7) is 3.99. The highest BCUT2D eigenvalue weighted by Gasteiger charge is 2.33. The molecule has 0 aliphatic heterocycles. The molecule has 1 amide bonds. The van der Waals surface area contributed by atoms with Gasteiger partial charge in [-0.2, -0.15) is 13.2 Å². The van der Waals surface area contributed by atoms with Crippen LogP contribution in [0, 0.1) is 13.8 Å². The fourth-order valence-corrected chi connectivity index (χ4v) is 2.55. The van der Waals surface area contributed by atoms with Crippen LogP contribution < -0.4 is 10.1 Å². The van der Waals surface area contributed by atoms with Crippen molar-refractivity contribution >= 4 is 23.2 Å². The fourth-order valence-electron chi connectivity index (χ4n) is 2.32. The summed E-state index contributed by atoms with van der Waals surface area (Å²) in [5.74, 6) is 0.205. The summed E-state index contributed by atoms with van der Waals surface area (Å²) in [4.78, 5) is 11.9. The first-order chi connectivity index (χ1) is 11.6. The number of amides is 1. The summed E-state index contributed by atoms with van der Waals surface area (Å²) in [5.41, 5.74) is 1.13. The number of hydrogen-bond donors (Lipinski definition) is 1. The molecule has 0 spiro atoms. The Labute approximate surface area is 148 Å². The Bertz CT molecular complexity index is 755. The first-order valence-electron chi connectivity index (χ1n) is 7.53. The number of anilines is 1. The van der Waals surface area contributed by atoms with E-state index in [9.17, 15) is 18.0 Å². The lowest BCUT2D eigenvalue weighted by atomic mass is 10.1. The molecule has 7 heteroatoms. The smallest absolute Gasteiger partial charge is 0.417 e. The molecule has 0 aliphatic carbocycles. The molecule has 2 aromatic carbocycles. The number of carbonyl (C=O) groups is 1. The summed E-state index contributed by atoms with van der Waals surface area (Å²) >= 11 is 5.54. The van der Waals surface area contributed by atoms with Gasteiger partial charge in [0.15, 0.2) is 0 Å². The molecule has 0 fully saturated rings. The number of aryl methyl sites for hydroxylation is 2. The van der Waals surface area contributed by atoms with Crippen LogP contribution >= 0.6 is 11.6 Å². The highest BCUT2D eigenvalue weighted by Crippen LogP contribution is 2.36. The van der Waals surface area contributed by atoms with Gasteiger partial charge in [-0.3, -0.25) is 4.79 Å². The van der Waals surface area contributed by atoms with Gasteiger partial charge in [-0.1, -0.05) is 17.7 Å². The Morgan fingerprint density at radius 3 is 2.36 bits per heavy atom. The second-order valence-electron chi connectivity index (χ2n) is 5.66. The summed E-state index contributed by atoms with van der Waals surface area (Å²) in [6, 6.07) is 8.93. The van der Waals surface area contributed by atoms with E-state index in [1.54, 1.807) is 0 Å². The third-order valence-electron chi connectivity index (χ3n) is 3.35. The highest BCUT2D eigenvalue weighted by molar-refractivity contribution is 6.31. The molecule has 1 N–H and O–H groups in total. The van der Waals surface area contributed by atoms with Gasteiger partial charge in [0, 0.05) is 5.69 Å². The molecule has 0 aliphatic rings. The maximum absolute atomic E-state index is 12.8. The van der Waals surface area contributed by atoms with E-state index in [4.69, 9.17) is 16.3 Å². The Balaban J connectivity index is 1.92. The minimum Gasteiger partial charge on any atom is -0.493 e. The molecule has 134 valence electrons. The first kappa shape index (κ1) is 19.1. The molecular formula is C18H17ClF3NO2. The van der Waals surface area contributed by atoms with Crippen LogP contribution in [0.1, 0.15) is 23.1 Å². The van der Waals surface area contributed by atoms with Crippen molar-refractivity contribution in [1.29, 1.82) is 0 Å². The lowest BCUT2D eigenvalue weighted by molar-refractivity contribution is -0.137. The predicted octanol–water partition coefficient (Wildman–Crippen LogP) is 5.38. The molecule has 2 aromatic rings. The molecule has 25 heavy (non-hydrogen) atoms. The van der Waals surface area contributed by atoms with E-state index < -0.39 is 22.7 Å². The molecule has 2 rings (SSSR count). The summed E-state index contributed by atoms with van der Waals surface area (Å²) in [7, 11) is 0. The molecule has 0 heterocycles. The molecule has 0 unspecified atom stereocenters. The SMILES string of the molecule is Cc1cc(C)cc(OCCC(=O)Nc2ccc(Cl)c(C(F)(F)F)c2)c1. The van der Waals surface area contributed by atoms with Crippen LogP contribution in [0.4, 0.5) is 18.9 Å². The van der Waals surface area contributed by atoms with E-state index in [0.717, 1.165) is 23.3 Å². The van der Waals surface area contributed by atoms with Gasteiger partial charge in [-0.15, -0.1) is 0 Å². The van der Waals surface area contributed by atoms with Crippen LogP contribution in [0.15, 0.2) is 36.4 Å². The Hall–Kier alpha value is -2.21. The van der Waals surface area contributed by atoms with Gasteiger partial charge >= 0.3 is 6.18 Å². The summed E-state index contributed by atoms with van der Waals surface area (Å²) in [5, 5.41) is 2.00. The monoisotopic (exact) mass is 371 g/mol. The topological polar surface area (TPSA) is 38.3 Å². The van der Waals surface area contributed by atoms with Crippen LogP contribution in [-0.2, 0) is 11.0 Å². The highest BCUT2D eigenvalue weighted by atomic mass is 35.5. The van der Waals surface area contributed by atoms with Gasteiger partial charge in [-0.25, -0.2) is 0 Å². The lowest BCUT2D eigenvalue weighted by Gasteiger charge is -2.12. The molecule has 0 bridgehead atoms. The zero-order valence-electron chi connectivity index (χ0n) is 13.7. The Kier molecular flexibility index (Phi) is 5.95. The molecular weight excluding hydrogens is 355 g/mol. The minimum absolute atomic E-state index is 0.0109. The number of ether oxygens (including phenoxy) is 1. The molecule has 0 atom stereocenters. The van der Waals surface area contributed by atoms with Gasteiger partial charge in [0.1, 0.15) is 5.75 Å². The average Bonchev–Trinajstić information content (AvgIpc) is 2.47. The third kappa shape index (κ3) is 5.67. The van der Waals surface area contributed by atoms with Crippen LogP contribution in [0.3, 0.4) is 0 Å². The quantitative estimate of drug-likeness (QED) is 0.766. The molecule has 0 aromatic heterocycles. The third-order valence-corrected chi connectivity index (χ3v) is 3.68. The first-order valence-corrected chi connectivity index (χ1v) is 7.90. The summed E-state index contributed by atoms with van der Waals surface area (Å²) in [6.07, 6.45) is -4.57. The van der Waals surface area contributed by atoms with Gasteiger partial charge in [-0.05, 0) is 55.3 Å². The van der Waals surface area contributed by atoms with Crippen LogP contribution in [0.25, 0.3) is 0 Å². The molecule has 0 radical (unpaired) electrons. The molecule has 0 saturated heterocycles. The van der Waals surface area contributed by atoms with E-state index >= 15 is 0 Å². The number of carbonyl (C=O) groups excluding carboxylic acids is 1. The number of rotatable bonds is 5. The van der Waals surface area contributed by atoms with E-state index in [2.05, 4.69) is 5.32 Å². The zero-order valence-corrected chi connectivity index (χ0v) is 14.5. The van der Waals surface area contributed by atoms with Crippen LogP contribution in [0.2, 0.25) is 5.02 Å². The van der Waals surface area contributed by atoms with Crippen molar-refractivity contribution in [3.63, 3.8) is 0 Å². The molecule has 0 saturated carbocycles. The van der Waals surface area contributed by atoms with Crippen molar-refractivity contribution in [2.75, 3.05) is 11.9 Å². The van der Waals surface area contributed by atoms with Gasteiger partial charge in [0.05, 0.1) is 23.6 Å². The van der Waals surface area contributed by atoms with Crippen LogP contribution in [-0.4, -0.2) is 12.5 Å². The van der Waals surface area contributed by atoms with Crippen molar-refractivity contribution < 1.29 is 22.7 Å². The largest absolute Gasteiger partial charge is 0.493 e. The number of halogens is 4. The average molecular weight is 372 g/mol. The Morgan fingerprint density at radius 2 is 1.76 bits per heavy atom. The van der Waals surface area contributed by atoms with Crippen molar-refractivity contribution in [2.45, 2.75) is 26.4 Å². The maximum Gasteiger partial charge on any atom is 0.417 e. The summed E-state index contributed by atoms with van der Waals surface area (Å²) < 4.78 is 43.9. The standard InChI is InChI=1S/C18H17ClF3NO2/c1-11-7-12(2)9-14(8-11)25-6-5-17(24)23-13-3-4-16(19)15(10-13)18(20,21)22/h3-4,7-10H,5-6H2,1-2H3,(H,23,24). The zero-order chi connectivity index (χ0) is 18.6. The van der Waals surface area contributed by atoms with Gasteiger partial charge in [0.25, 0.3) is 0 Å². The maximum atomic E-state index is 12.8. The number of nitrogens with one attached hydrogen (secondary N) is 1. The van der Waals surface area contributed by atoms with Crippen molar-refractivity contribution in [1.82, 2.24) is 0 Å². The number of hydrogen-bond acceptors (Lipinski definition) is 2. The van der Waals surface area contributed by atoms with E-state index in [-0.39, 0.29) is 18.7 Å². The second kappa shape index (κ2) is 7.78. The lowest BCUT2D eigenvalue weighted by Crippen LogP contribution is -2.16. The fraction of sp³-hybridized carbons (Fsp3) is 0.278. The van der Waals surface area contributed by atoms with Crippen molar-refractivity contribution in [3.05, 3.63) is 58.1 Å². The van der Waals surface area contributed by atoms with Crippen molar-refractivity contribution in [3.8, 4) is 5.75 Å². The normalized spacial score (nSPS) is 11.3. The van der Waals surface area contributed by atoms with Crippen molar-refractivity contribution in [2.24, 2.45) is 0 Å². The van der Waals surface area contributed by atoms with Crippen LogP contribution in [0.5, 0.6) is 5.75 Å².